The number of hydrogen-bond donors (Lipinski definition) is 0. The Balaban J connectivity index is 1.15. The first-order chi connectivity index (χ1) is 27.3. The molecule has 0 spiro atoms. The Kier molecular flexibility index (Phi) is 5.57. The first-order valence-electron chi connectivity index (χ1n) is 18.8. The minimum Gasteiger partial charge on any atom is -0.309 e. The zero-order chi connectivity index (χ0) is 35.8. The van der Waals surface area contributed by atoms with Crippen molar-refractivity contribution in [2.24, 2.45) is 0 Å². The van der Waals surface area contributed by atoms with E-state index in [1.54, 1.807) is 0 Å². The van der Waals surface area contributed by atoms with E-state index >= 15 is 0 Å². The summed E-state index contributed by atoms with van der Waals surface area (Å²) >= 11 is 0. The fourth-order valence-electron chi connectivity index (χ4n) is 9.56. The van der Waals surface area contributed by atoms with E-state index in [9.17, 15) is 0 Å². The van der Waals surface area contributed by atoms with Crippen LogP contribution in [0, 0.1) is 0 Å². The fourth-order valence-corrected chi connectivity index (χ4v) is 9.56. The van der Waals surface area contributed by atoms with Crippen LogP contribution in [-0.2, 0) is 0 Å². The summed E-state index contributed by atoms with van der Waals surface area (Å²) in [6.07, 6.45) is 0. The third-order valence-corrected chi connectivity index (χ3v) is 11.8. The van der Waals surface area contributed by atoms with Gasteiger partial charge in [0, 0.05) is 54.3 Å². The van der Waals surface area contributed by atoms with Gasteiger partial charge in [-0.15, -0.1) is 0 Å². The average molecular weight is 700 g/mol. The minimum absolute atomic E-state index is 0.656. The van der Waals surface area contributed by atoms with Crippen molar-refractivity contribution in [1.82, 2.24) is 23.5 Å². The van der Waals surface area contributed by atoms with Crippen LogP contribution in [0.25, 0.3) is 116 Å². The number of para-hydroxylation sites is 5. The molecule has 254 valence electrons. The van der Waals surface area contributed by atoms with E-state index in [-0.39, 0.29) is 0 Å². The zero-order valence-corrected chi connectivity index (χ0v) is 29.5. The maximum Gasteiger partial charge on any atom is 0.235 e. The standard InChI is InChI=1S/C50H29N5/c1-2-13-31(14-3-1)53-40-22-8-5-15-32(40)34-28-27-30(29-45(34)53)48-38-17-4-7-21-39(38)51-50(52-48)55-42-24-11-18-35-37-20-10-19-36-33-16-6-9-23-41(33)54(49(36)37)43-25-12-26-44(55)47(43)46(35)42/h1-29H. The maximum absolute atomic E-state index is 5.54. The molecule has 0 amide bonds. The molecule has 0 saturated carbocycles. The van der Waals surface area contributed by atoms with E-state index in [0.717, 1.165) is 44.4 Å². The van der Waals surface area contributed by atoms with E-state index in [0.29, 0.717) is 5.95 Å². The molecule has 55 heavy (non-hydrogen) atoms. The lowest BCUT2D eigenvalue weighted by molar-refractivity contribution is 1.01. The SMILES string of the molecule is c1ccc(-n2c3ccccc3c3ccc(-c4nc(-n5c6cccc7c8cccc9c%10ccccc%10n(c%10cccc5c%10c76)c89)nc5ccccc45)cc32)cc1. The van der Waals surface area contributed by atoms with Gasteiger partial charge in [0.2, 0.25) is 5.95 Å². The summed E-state index contributed by atoms with van der Waals surface area (Å²) in [7, 11) is 0. The molecule has 5 heteroatoms. The molecule has 0 saturated heterocycles. The molecule has 5 heterocycles. The summed E-state index contributed by atoms with van der Waals surface area (Å²) in [5.74, 6) is 0.656. The first-order valence-corrected chi connectivity index (χ1v) is 18.8. The second-order valence-electron chi connectivity index (χ2n) is 14.6. The molecule has 0 bridgehead atoms. The lowest BCUT2D eigenvalue weighted by atomic mass is 10.0. The predicted molar refractivity (Wildman–Crippen MR) is 228 cm³/mol. The largest absolute Gasteiger partial charge is 0.309 e. The molecule has 8 aromatic carbocycles. The van der Waals surface area contributed by atoms with Crippen LogP contribution in [0.1, 0.15) is 0 Å². The minimum atomic E-state index is 0.656. The molecule has 0 aliphatic heterocycles. The van der Waals surface area contributed by atoms with Crippen LogP contribution in [-0.4, -0.2) is 23.5 Å². The Labute approximate surface area is 313 Å². The highest BCUT2D eigenvalue weighted by Gasteiger charge is 2.24. The summed E-state index contributed by atoms with van der Waals surface area (Å²) in [6.45, 7) is 0. The molecule has 0 unspecified atom stereocenters. The molecule has 0 aliphatic carbocycles. The smallest absolute Gasteiger partial charge is 0.235 e. The summed E-state index contributed by atoms with van der Waals surface area (Å²) in [6, 6.07) is 63.4. The number of fused-ring (bicyclic) bond motifs is 9. The Hall–Kier alpha value is -7.50. The van der Waals surface area contributed by atoms with Crippen molar-refractivity contribution in [3.05, 3.63) is 176 Å². The summed E-state index contributed by atoms with van der Waals surface area (Å²) in [5, 5.41) is 10.9. The van der Waals surface area contributed by atoms with Crippen molar-refractivity contribution in [3.63, 3.8) is 0 Å². The molecular weight excluding hydrogens is 671 g/mol. The second kappa shape index (κ2) is 10.6. The third-order valence-electron chi connectivity index (χ3n) is 11.8. The molecule has 13 aromatic rings. The second-order valence-corrected chi connectivity index (χ2v) is 14.6. The van der Waals surface area contributed by atoms with Gasteiger partial charge in [-0.25, -0.2) is 9.97 Å². The van der Waals surface area contributed by atoms with Gasteiger partial charge >= 0.3 is 0 Å². The van der Waals surface area contributed by atoms with Crippen molar-refractivity contribution < 1.29 is 0 Å². The van der Waals surface area contributed by atoms with Crippen molar-refractivity contribution in [2.45, 2.75) is 0 Å². The predicted octanol–water partition coefficient (Wildman–Crippen LogP) is 12.6. The summed E-state index contributed by atoms with van der Waals surface area (Å²) in [5.41, 5.74) is 12.1. The van der Waals surface area contributed by atoms with Crippen molar-refractivity contribution in [1.29, 1.82) is 0 Å². The number of hydrogen-bond acceptors (Lipinski definition) is 2. The molecule has 0 fully saturated rings. The van der Waals surface area contributed by atoms with Crippen LogP contribution >= 0.6 is 0 Å². The van der Waals surface area contributed by atoms with E-state index in [1.165, 1.54) is 65.2 Å². The van der Waals surface area contributed by atoms with Crippen LogP contribution in [0.4, 0.5) is 0 Å². The van der Waals surface area contributed by atoms with Crippen LogP contribution in [0.3, 0.4) is 0 Å². The topological polar surface area (TPSA) is 40.0 Å². The monoisotopic (exact) mass is 699 g/mol. The van der Waals surface area contributed by atoms with Gasteiger partial charge in [0.05, 0.1) is 49.8 Å². The number of benzene rings is 8. The van der Waals surface area contributed by atoms with Crippen LogP contribution in [0.2, 0.25) is 0 Å². The van der Waals surface area contributed by atoms with Gasteiger partial charge in [-0.1, -0.05) is 121 Å². The van der Waals surface area contributed by atoms with Gasteiger partial charge in [0.25, 0.3) is 0 Å². The molecular formula is C50H29N5. The van der Waals surface area contributed by atoms with E-state index < -0.39 is 0 Å². The van der Waals surface area contributed by atoms with Crippen molar-refractivity contribution in [3.8, 4) is 22.9 Å². The third kappa shape index (κ3) is 3.76. The first kappa shape index (κ1) is 29.0. The van der Waals surface area contributed by atoms with Crippen LogP contribution < -0.4 is 0 Å². The Bertz CT molecular complexity index is 3720. The fraction of sp³-hybridized carbons (Fsp3) is 0. The lowest BCUT2D eigenvalue weighted by Crippen LogP contribution is -2.03. The molecule has 0 N–H and O–H groups in total. The van der Waals surface area contributed by atoms with Gasteiger partial charge in [0.15, 0.2) is 0 Å². The van der Waals surface area contributed by atoms with Crippen LogP contribution in [0.15, 0.2) is 176 Å². The van der Waals surface area contributed by atoms with Gasteiger partial charge in [-0.2, -0.15) is 0 Å². The summed E-state index contributed by atoms with van der Waals surface area (Å²) in [4.78, 5) is 10.9. The van der Waals surface area contributed by atoms with E-state index in [2.05, 4.69) is 189 Å². The van der Waals surface area contributed by atoms with Crippen LogP contribution in [0.5, 0.6) is 0 Å². The number of rotatable bonds is 3. The van der Waals surface area contributed by atoms with Gasteiger partial charge < -0.3 is 8.97 Å². The molecule has 0 atom stereocenters. The highest BCUT2D eigenvalue weighted by molar-refractivity contribution is 6.31. The zero-order valence-electron chi connectivity index (χ0n) is 29.5. The van der Waals surface area contributed by atoms with E-state index in [4.69, 9.17) is 9.97 Å². The maximum atomic E-state index is 5.54. The molecule has 0 radical (unpaired) electrons. The highest BCUT2D eigenvalue weighted by Crippen LogP contribution is 2.44. The van der Waals surface area contributed by atoms with Gasteiger partial charge in [-0.05, 0) is 60.0 Å². The molecule has 5 aromatic heterocycles. The lowest BCUT2D eigenvalue weighted by Gasteiger charge is -2.13. The highest BCUT2D eigenvalue weighted by atomic mass is 15.2. The molecule has 0 aliphatic rings. The Morgan fingerprint density at radius 2 is 0.927 bits per heavy atom. The molecule has 13 rings (SSSR count). The molecule has 5 nitrogen and oxygen atoms in total. The van der Waals surface area contributed by atoms with Crippen molar-refractivity contribution >= 4 is 92.6 Å². The van der Waals surface area contributed by atoms with Gasteiger partial charge in [-0.3, -0.25) is 4.57 Å². The quantitative estimate of drug-likeness (QED) is 0.184. The van der Waals surface area contributed by atoms with E-state index in [1.807, 2.05) is 0 Å². The normalized spacial score (nSPS) is 12.4. The van der Waals surface area contributed by atoms with Crippen molar-refractivity contribution in [2.75, 3.05) is 0 Å². The average Bonchev–Trinajstić information content (AvgIpc) is 3.86. The Morgan fingerprint density at radius 3 is 1.78 bits per heavy atom. The van der Waals surface area contributed by atoms with Gasteiger partial charge in [0.1, 0.15) is 0 Å². The summed E-state index contributed by atoms with van der Waals surface area (Å²) < 4.78 is 7.12. The Morgan fingerprint density at radius 1 is 0.345 bits per heavy atom. The number of aromatic nitrogens is 5. The number of nitrogens with zero attached hydrogens (tertiary/aromatic N) is 5.